The first-order valence-electron chi connectivity index (χ1n) is 11.3. The third-order valence-corrected chi connectivity index (χ3v) is 9.35. The first-order valence-corrected chi connectivity index (χ1v) is 13.6. The van der Waals surface area contributed by atoms with Gasteiger partial charge in [-0.25, -0.2) is 21.9 Å². The molecule has 3 atom stereocenters. The van der Waals surface area contributed by atoms with Crippen LogP contribution in [0.25, 0.3) is 16.2 Å². The number of rotatable bonds is 6. The maximum Gasteiger partial charge on any atom is 0.291 e. The highest BCUT2D eigenvalue weighted by atomic mass is 32.2. The molecule has 2 N–H and O–H groups in total. The van der Waals surface area contributed by atoms with Crippen molar-refractivity contribution in [1.82, 2.24) is 24.6 Å². The van der Waals surface area contributed by atoms with E-state index in [1.54, 1.807) is 22.7 Å². The number of hydrogen-bond donors (Lipinski definition) is 2. The van der Waals surface area contributed by atoms with Crippen LogP contribution in [0.2, 0.25) is 0 Å². The molecule has 0 radical (unpaired) electrons. The summed E-state index contributed by atoms with van der Waals surface area (Å²) >= 11 is 0.808. The third-order valence-electron chi connectivity index (χ3n) is 6.80. The van der Waals surface area contributed by atoms with Gasteiger partial charge in [0, 0.05) is 36.4 Å². The van der Waals surface area contributed by atoms with Gasteiger partial charge >= 0.3 is 0 Å². The molecule has 0 aromatic carbocycles. The van der Waals surface area contributed by atoms with Gasteiger partial charge in [0.1, 0.15) is 4.90 Å². The van der Waals surface area contributed by atoms with Crippen LogP contribution in [0.15, 0.2) is 29.3 Å². The molecule has 8 nitrogen and oxygen atoms in total. The van der Waals surface area contributed by atoms with Crippen molar-refractivity contribution in [1.29, 1.82) is 0 Å². The van der Waals surface area contributed by atoms with Gasteiger partial charge in [0.2, 0.25) is 10.0 Å². The second kappa shape index (κ2) is 8.21. The third kappa shape index (κ3) is 4.21. The first kappa shape index (κ1) is 23.6. The Hall–Kier alpha value is -2.15. The average Bonchev–Trinajstić information content (AvgIpc) is 3.17. The number of nitrogens with zero attached hydrogens (tertiary/aromatic N) is 4. The first-order chi connectivity index (χ1) is 16.0. The molecule has 3 aromatic heterocycles. The van der Waals surface area contributed by atoms with E-state index < -0.39 is 22.0 Å². The van der Waals surface area contributed by atoms with E-state index >= 15 is 0 Å². The van der Waals surface area contributed by atoms with E-state index in [0.717, 1.165) is 35.4 Å². The van der Waals surface area contributed by atoms with Gasteiger partial charge in [-0.1, -0.05) is 11.3 Å². The van der Waals surface area contributed by atoms with E-state index in [4.69, 9.17) is 0 Å². The van der Waals surface area contributed by atoms with Crippen molar-refractivity contribution in [2.45, 2.75) is 75.5 Å². The molecule has 2 fully saturated rings. The average molecular weight is 511 g/mol. The summed E-state index contributed by atoms with van der Waals surface area (Å²) in [5.74, 6) is 0. The summed E-state index contributed by atoms with van der Waals surface area (Å²) in [6.45, 7) is 8.90. The monoisotopic (exact) mass is 510 g/mol. The lowest BCUT2D eigenvalue weighted by Crippen LogP contribution is -2.59. The fourth-order valence-corrected chi connectivity index (χ4v) is 6.71. The number of aromatic nitrogens is 3. The van der Waals surface area contributed by atoms with Crippen molar-refractivity contribution in [3.05, 3.63) is 29.4 Å². The summed E-state index contributed by atoms with van der Waals surface area (Å²) in [5, 5.41) is 11.0. The van der Waals surface area contributed by atoms with Crippen molar-refractivity contribution < 1.29 is 17.2 Å². The zero-order valence-corrected chi connectivity index (χ0v) is 21.1. The number of alkyl halides is 2. The van der Waals surface area contributed by atoms with Gasteiger partial charge in [-0.2, -0.15) is 0 Å². The largest absolute Gasteiger partial charge is 0.364 e. The molecule has 1 aliphatic heterocycles. The Morgan fingerprint density at radius 2 is 1.97 bits per heavy atom. The molecule has 0 spiro atoms. The van der Waals surface area contributed by atoms with E-state index in [2.05, 4.69) is 45.9 Å². The Balaban J connectivity index is 1.69. The molecular formula is C22H28F2N6O2S2. The van der Waals surface area contributed by atoms with Crippen LogP contribution < -0.4 is 14.9 Å². The molecule has 0 unspecified atom stereocenters. The van der Waals surface area contributed by atoms with E-state index in [-0.39, 0.29) is 28.0 Å². The van der Waals surface area contributed by atoms with Gasteiger partial charge in [0.05, 0.1) is 16.9 Å². The minimum atomic E-state index is -3.80. The van der Waals surface area contributed by atoms with E-state index in [0.29, 0.717) is 17.2 Å². The zero-order valence-electron chi connectivity index (χ0n) is 19.4. The van der Waals surface area contributed by atoms with E-state index in [1.165, 1.54) is 0 Å². The molecule has 34 heavy (non-hydrogen) atoms. The van der Waals surface area contributed by atoms with Crippen molar-refractivity contribution >= 4 is 32.6 Å². The number of nitrogens with one attached hydrogen (secondary N) is 2. The molecule has 3 aromatic rings. The quantitative estimate of drug-likeness (QED) is 0.524. The molecule has 5 rings (SSSR count). The van der Waals surface area contributed by atoms with Crippen LogP contribution in [-0.2, 0) is 10.0 Å². The standard InChI is InChI=1S/C22H28F2N6O2S2/c1-12-10-29(14(3)13(2)25-12)18-9-15(34(31,32)28-22(4)7-8-22)11-30-16(18)5-6-17(30)20-26-27-21(33-20)19(23)24/h5-6,9,11-14,19,25,28H,7-8,10H2,1-4H3/t12-,13-,14+/m1/s1. The Bertz CT molecular complexity index is 1330. The second-order valence-corrected chi connectivity index (χ2v) is 12.4. The maximum atomic E-state index is 13.4. The highest BCUT2D eigenvalue weighted by Crippen LogP contribution is 2.38. The summed E-state index contributed by atoms with van der Waals surface area (Å²) in [6, 6.07) is 5.89. The molecular weight excluding hydrogens is 482 g/mol. The predicted octanol–water partition coefficient (Wildman–Crippen LogP) is 3.80. The van der Waals surface area contributed by atoms with Crippen LogP contribution in [0.4, 0.5) is 14.5 Å². The fourth-order valence-electron chi connectivity index (χ4n) is 4.51. The van der Waals surface area contributed by atoms with Crippen molar-refractivity contribution in [2.24, 2.45) is 0 Å². The minimum Gasteiger partial charge on any atom is -0.364 e. The maximum absolute atomic E-state index is 13.4. The molecule has 0 amide bonds. The Kier molecular flexibility index (Phi) is 5.70. The van der Waals surface area contributed by atoms with Gasteiger partial charge in [-0.05, 0) is 58.7 Å². The van der Waals surface area contributed by atoms with Crippen molar-refractivity contribution in [2.75, 3.05) is 11.4 Å². The smallest absolute Gasteiger partial charge is 0.291 e. The summed E-state index contributed by atoms with van der Waals surface area (Å²) in [4.78, 5) is 2.35. The fraction of sp³-hybridized carbons (Fsp3) is 0.545. The highest BCUT2D eigenvalue weighted by molar-refractivity contribution is 7.89. The topological polar surface area (TPSA) is 91.6 Å². The van der Waals surface area contributed by atoms with Gasteiger partial charge in [-0.3, -0.25) is 0 Å². The summed E-state index contributed by atoms with van der Waals surface area (Å²) in [5.41, 5.74) is 1.67. The normalized spacial score (nSPS) is 24.8. The molecule has 1 saturated carbocycles. The lowest BCUT2D eigenvalue weighted by atomic mass is 10.0. The lowest BCUT2D eigenvalue weighted by molar-refractivity contribution is 0.150. The minimum absolute atomic E-state index is 0.108. The zero-order chi connectivity index (χ0) is 24.4. The number of pyridine rings is 1. The number of piperazine rings is 1. The van der Waals surface area contributed by atoms with E-state index in [9.17, 15) is 17.2 Å². The molecule has 1 aliphatic carbocycles. The summed E-state index contributed by atoms with van der Waals surface area (Å²) in [7, 11) is -3.80. The van der Waals surface area contributed by atoms with Gasteiger partial charge < -0.3 is 14.6 Å². The summed E-state index contributed by atoms with van der Waals surface area (Å²) in [6.07, 6.45) is 0.422. The van der Waals surface area contributed by atoms with Crippen molar-refractivity contribution in [3.8, 4) is 10.7 Å². The SMILES string of the molecule is C[C@@H]1CN(c2cc(S(=O)(=O)NC3(C)CC3)cn3c(-c4nnc(C(F)F)s4)ccc23)[C@@H](C)[C@@H](C)N1. The number of hydrogen-bond acceptors (Lipinski definition) is 7. The Morgan fingerprint density at radius 1 is 1.24 bits per heavy atom. The highest BCUT2D eigenvalue weighted by Gasteiger charge is 2.41. The van der Waals surface area contributed by atoms with Crippen molar-refractivity contribution in [3.63, 3.8) is 0 Å². The lowest BCUT2D eigenvalue weighted by Gasteiger charge is -2.43. The van der Waals surface area contributed by atoms with Crippen LogP contribution in [-0.4, -0.2) is 53.2 Å². The van der Waals surface area contributed by atoms with E-state index in [1.807, 2.05) is 13.0 Å². The van der Waals surface area contributed by atoms with Crippen LogP contribution in [0, 0.1) is 0 Å². The molecule has 4 heterocycles. The summed E-state index contributed by atoms with van der Waals surface area (Å²) < 4.78 is 57.6. The molecule has 0 bridgehead atoms. The number of sulfonamides is 1. The van der Waals surface area contributed by atoms with Gasteiger partial charge in [0.25, 0.3) is 6.43 Å². The van der Waals surface area contributed by atoms with Gasteiger partial charge in [0.15, 0.2) is 10.0 Å². The van der Waals surface area contributed by atoms with Crippen LogP contribution >= 0.6 is 11.3 Å². The molecule has 184 valence electrons. The van der Waals surface area contributed by atoms with Gasteiger partial charge in [-0.15, -0.1) is 10.2 Å². The van der Waals surface area contributed by atoms with Crippen LogP contribution in [0.3, 0.4) is 0 Å². The Labute approximate surface area is 201 Å². The molecule has 12 heteroatoms. The molecule has 2 aliphatic rings. The number of fused-ring (bicyclic) bond motifs is 1. The second-order valence-electron chi connectivity index (χ2n) is 9.70. The predicted molar refractivity (Wildman–Crippen MR) is 128 cm³/mol. The van der Waals surface area contributed by atoms with Crippen LogP contribution in [0.5, 0.6) is 0 Å². The Morgan fingerprint density at radius 3 is 2.62 bits per heavy atom. The van der Waals surface area contributed by atoms with Crippen LogP contribution in [0.1, 0.15) is 52.0 Å². The number of halogens is 2. The number of anilines is 1. The molecule has 1 saturated heterocycles.